The van der Waals surface area contributed by atoms with Gasteiger partial charge in [-0.15, -0.1) is 0 Å². The van der Waals surface area contributed by atoms with E-state index in [9.17, 15) is 14.4 Å². The standard InChI is InChI=1S/C28H36N4O4/c1-5-18(2)25-28(35)31-23(16-19-9-7-6-8-10-19)26(33)30-14-13-20-11-12-24(36-4)21(15-20)17-22(29-3)27(34)32-25/h6-15,18,22-23,25,29H,5,16-17H2,1-4H3,(H,30,33)(H,31,35)(H,32,34)/b14-13-/t18-,22-,23-,25-/m0/s1. The van der Waals surface area contributed by atoms with Gasteiger partial charge in [-0.1, -0.05) is 56.7 Å². The number of hydrogen-bond acceptors (Lipinski definition) is 5. The Hall–Kier alpha value is -3.65. The second-order valence-corrected chi connectivity index (χ2v) is 9.08. The summed E-state index contributed by atoms with van der Waals surface area (Å²) < 4.78 is 5.51. The molecule has 3 rings (SSSR count). The van der Waals surface area contributed by atoms with E-state index in [2.05, 4.69) is 21.3 Å². The molecule has 0 radical (unpaired) electrons. The van der Waals surface area contributed by atoms with Crippen molar-refractivity contribution in [3.63, 3.8) is 0 Å². The highest BCUT2D eigenvalue weighted by Crippen LogP contribution is 2.23. The first-order valence-electron chi connectivity index (χ1n) is 12.3. The number of methoxy groups -OCH3 is 1. The molecule has 0 spiro atoms. The molecule has 3 amide bonds. The van der Waals surface area contributed by atoms with E-state index < -0.39 is 18.1 Å². The lowest BCUT2D eigenvalue weighted by atomic mass is 9.96. The number of amides is 3. The van der Waals surface area contributed by atoms with Gasteiger partial charge < -0.3 is 26.0 Å². The molecule has 4 atom stereocenters. The van der Waals surface area contributed by atoms with Crippen molar-refractivity contribution < 1.29 is 19.1 Å². The highest BCUT2D eigenvalue weighted by Gasteiger charge is 2.32. The van der Waals surface area contributed by atoms with Crippen molar-refractivity contribution in [3.8, 4) is 5.75 Å². The minimum atomic E-state index is -0.815. The van der Waals surface area contributed by atoms with E-state index in [1.54, 1.807) is 26.4 Å². The van der Waals surface area contributed by atoms with Crippen LogP contribution in [0.15, 0.2) is 54.7 Å². The van der Waals surface area contributed by atoms with Crippen molar-refractivity contribution in [1.82, 2.24) is 21.3 Å². The Labute approximate surface area is 212 Å². The predicted molar refractivity (Wildman–Crippen MR) is 140 cm³/mol. The minimum absolute atomic E-state index is 0.139. The summed E-state index contributed by atoms with van der Waals surface area (Å²) in [4.78, 5) is 39.9. The Kier molecular flexibility index (Phi) is 9.64. The summed E-state index contributed by atoms with van der Waals surface area (Å²) in [7, 11) is 3.30. The SMILES string of the molecule is CC[C@H](C)[C@@H]1NC(=O)[C@@H](NC)Cc2cc(ccc2OC)/C=C\NC(=O)[C@H](Cc2ccccc2)NC1=O. The molecule has 1 heterocycles. The van der Waals surface area contributed by atoms with Crippen LogP contribution in [0.3, 0.4) is 0 Å². The van der Waals surface area contributed by atoms with Crippen molar-refractivity contribution in [3.05, 3.63) is 71.4 Å². The first kappa shape index (κ1) is 26.9. The highest BCUT2D eigenvalue weighted by molar-refractivity contribution is 5.94. The van der Waals surface area contributed by atoms with Crippen LogP contribution in [0.25, 0.3) is 6.08 Å². The number of ether oxygens (including phenoxy) is 1. The average molecular weight is 493 g/mol. The summed E-state index contributed by atoms with van der Waals surface area (Å²) in [6.45, 7) is 3.87. The third kappa shape index (κ3) is 6.95. The Balaban J connectivity index is 2.00. The van der Waals surface area contributed by atoms with Crippen molar-refractivity contribution in [2.24, 2.45) is 5.92 Å². The lowest BCUT2D eigenvalue weighted by Gasteiger charge is -2.28. The fraction of sp³-hybridized carbons (Fsp3) is 0.393. The van der Waals surface area contributed by atoms with Crippen LogP contribution in [-0.2, 0) is 27.2 Å². The van der Waals surface area contributed by atoms with E-state index in [0.29, 0.717) is 25.0 Å². The van der Waals surface area contributed by atoms with Crippen LogP contribution in [0, 0.1) is 5.92 Å². The molecule has 36 heavy (non-hydrogen) atoms. The first-order valence-corrected chi connectivity index (χ1v) is 12.3. The number of likely N-dealkylation sites (N-methyl/N-ethyl adjacent to an activating group) is 1. The van der Waals surface area contributed by atoms with Crippen LogP contribution in [0.4, 0.5) is 0 Å². The van der Waals surface area contributed by atoms with Crippen LogP contribution in [0.5, 0.6) is 5.75 Å². The minimum Gasteiger partial charge on any atom is -0.496 e. The number of hydrogen-bond donors (Lipinski definition) is 4. The van der Waals surface area contributed by atoms with Gasteiger partial charge in [0, 0.05) is 19.0 Å². The third-order valence-corrected chi connectivity index (χ3v) is 6.60. The number of carbonyl (C=O) groups is 3. The Morgan fingerprint density at radius 2 is 1.78 bits per heavy atom. The third-order valence-electron chi connectivity index (χ3n) is 6.60. The van der Waals surface area contributed by atoms with Crippen LogP contribution in [0.2, 0.25) is 0 Å². The van der Waals surface area contributed by atoms with Gasteiger partial charge >= 0.3 is 0 Å². The summed E-state index contributed by atoms with van der Waals surface area (Å²) in [5.74, 6) is -0.497. The fourth-order valence-corrected chi connectivity index (χ4v) is 4.20. The van der Waals surface area contributed by atoms with E-state index in [1.807, 2.05) is 62.4 Å². The second kappa shape index (κ2) is 12.9. The molecule has 2 aromatic rings. The summed E-state index contributed by atoms with van der Waals surface area (Å²) >= 11 is 0. The summed E-state index contributed by atoms with van der Waals surface area (Å²) in [6.07, 6.45) is 4.71. The molecule has 0 aliphatic carbocycles. The molecule has 1 aliphatic rings. The number of fused-ring (bicyclic) bond motifs is 2. The zero-order valence-electron chi connectivity index (χ0n) is 21.3. The van der Waals surface area contributed by atoms with Gasteiger partial charge in [-0.3, -0.25) is 14.4 Å². The molecule has 0 saturated heterocycles. The fourth-order valence-electron chi connectivity index (χ4n) is 4.20. The van der Waals surface area contributed by atoms with Gasteiger partial charge in [0.2, 0.25) is 17.7 Å². The van der Waals surface area contributed by atoms with E-state index in [1.165, 1.54) is 0 Å². The summed E-state index contributed by atoms with van der Waals surface area (Å²) in [5.41, 5.74) is 2.60. The molecule has 2 aromatic carbocycles. The number of benzene rings is 2. The molecule has 2 bridgehead atoms. The van der Waals surface area contributed by atoms with Gasteiger partial charge in [-0.25, -0.2) is 0 Å². The maximum atomic E-state index is 13.4. The largest absolute Gasteiger partial charge is 0.496 e. The highest BCUT2D eigenvalue weighted by atomic mass is 16.5. The van der Waals surface area contributed by atoms with Gasteiger partial charge in [0.1, 0.15) is 17.8 Å². The number of carbonyl (C=O) groups excluding carboxylic acids is 3. The maximum absolute atomic E-state index is 13.4. The molecule has 0 aromatic heterocycles. The lowest BCUT2D eigenvalue weighted by molar-refractivity contribution is -0.133. The molecule has 192 valence electrons. The van der Waals surface area contributed by atoms with Gasteiger partial charge in [-0.05, 0) is 47.9 Å². The predicted octanol–water partition coefficient (Wildman–Crippen LogP) is 2.18. The molecule has 0 unspecified atom stereocenters. The monoisotopic (exact) mass is 492 g/mol. The zero-order valence-corrected chi connectivity index (χ0v) is 21.3. The van der Waals surface area contributed by atoms with Crippen LogP contribution < -0.4 is 26.0 Å². The Bertz CT molecular complexity index is 1090. The molecule has 8 heteroatoms. The van der Waals surface area contributed by atoms with Gasteiger partial charge in [0.05, 0.1) is 13.2 Å². The smallest absolute Gasteiger partial charge is 0.246 e. The number of rotatable bonds is 6. The van der Waals surface area contributed by atoms with E-state index >= 15 is 0 Å². The van der Waals surface area contributed by atoms with Crippen LogP contribution in [0.1, 0.15) is 37.0 Å². The molecular formula is C28H36N4O4. The molecule has 0 fully saturated rings. The average Bonchev–Trinajstić information content (AvgIpc) is 2.89. The normalized spacial score (nSPS) is 22.8. The molecule has 0 saturated carbocycles. The maximum Gasteiger partial charge on any atom is 0.246 e. The Morgan fingerprint density at radius 3 is 2.44 bits per heavy atom. The molecule has 4 N–H and O–H groups in total. The zero-order chi connectivity index (χ0) is 26.1. The van der Waals surface area contributed by atoms with E-state index in [-0.39, 0.29) is 23.6 Å². The van der Waals surface area contributed by atoms with E-state index in [4.69, 9.17) is 4.74 Å². The van der Waals surface area contributed by atoms with Crippen LogP contribution in [-0.4, -0.2) is 50.0 Å². The quantitative estimate of drug-likeness (QED) is 0.494. The Morgan fingerprint density at radius 1 is 1.03 bits per heavy atom. The molecule has 1 aliphatic heterocycles. The van der Waals surface area contributed by atoms with Crippen LogP contribution >= 0.6 is 0 Å². The number of nitrogens with one attached hydrogen (secondary N) is 4. The van der Waals surface area contributed by atoms with Gasteiger partial charge in [0.25, 0.3) is 0 Å². The second-order valence-electron chi connectivity index (χ2n) is 9.08. The molecular weight excluding hydrogens is 456 g/mol. The first-order chi connectivity index (χ1) is 17.4. The summed E-state index contributed by atoms with van der Waals surface area (Å²) in [6, 6.07) is 13.0. The van der Waals surface area contributed by atoms with Crippen molar-refractivity contribution >= 4 is 23.8 Å². The van der Waals surface area contributed by atoms with Crippen molar-refractivity contribution in [2.75, 3.05) is 14.2 Å². The molecule has 8 nitrogen and oxygen atoms in total. The van der Waals surface area contributed by atoms with Gasteiger partial charge in [0.15, 0.2) is 0 Å². The topological polar surface area (TPSA) is 109 Å². The van der Waals surface area contributed by atoms with Crippen molar-refractivity contribution in [2.45, 2.75) is 51.2 Å². The lowest BCUT2D eigenvalue weighted by Crippen LogP contribution is -2.58. The van der Waals surface area contributed by atoms with Gasteiger partial charge in [-0.2, -0.15) is 0 Å². The van der Waals surface area contributed by atoms with Crippen molar-refractivity contribution in [1.29, 1.82) is 0 Å². The summed E-state index contributed by atoms with van der Waals surface area (Å²) in [5, 5.41) is 11.7. The van der Waals surface area contributed by atoms with E-state index in [0.717, 1.165) is 16.7 Å².